The number of carbonyl (C=O) groups excluding carboxylic acids is 1. The van der Waals surface area contributed by atoms with Crippen LogP contribution in [0.2, 0.25) is 0 Å². The summed E-state index contributed by atoms with van der Waals surface area (Å²) < 4.78 is 26.1. The average Bonchev–Trinajstić information content (AvgIpc) is 2.32. The van der Waals surface area contributed by atoms with Gasteiger partial charge >= 0.3 is 0 Å². The third-order valence-electron chi connectivity index (χ3n) is 2.63. The van der Waals surface area contributed by atoms with Crippen LogP contribution in [0.5, 0.6) is 5.75 Å². The highest BCUT2D eigenvalue weighted by molar-refractivity contribution is 6.05. The summed E-state index contributed by atoms with van der Waals surface area (Å²) in [5, 5.41) is 11.6. The summed E-state index contributed by atoms with van der Waals surface area (Å²) in [4.78, 5) is 11.9. The van der Waals surface area contributed by atoms with E-state index in [1.54, 1.807) is 6.92 Å². The predicted molar refractivity (Wildman–Crippen MR) is 67.2 cm³/mol. The third kappa shape index (κ3) is 2.88. The van der Waals surface area contributed by atoms with Gasteiger partial charge in [-0.05, 0) is 42.8 Å². The number of anilines is 1. The second kappa shape index (κ2) is 5.06. The van der Waals surface area contributed by atoms with E-state index < -0.39 is 17.5 Å². The van der Waals surface area contributed by atoms with Gasteiger partial charge < -0.3 is 10.4 Å². The van der Waals surface area contributed by atoms with Crippen molar-refractivity contribution in [1.82, 2.24) is 0 Å². The summed E-state index contributed by atoms with van der Waals surface area (Å²) in [5.41, 5.74) is 0.764. The largest absolute Gasteiger partial charge is 0.508 e. The molecule has 0 saturated carbocycles. The first-order chi connectivity index (χ1) is 8.97. The van der Waals surface area contributed by atoms with E-state index in [2.05, 4.69) is 5.32 Å². The summed E-state index contributed by atoms with van der Waals surface area (Å²) in [5.74, 6) is -2.04. The number of rotatable bonds is 2. The van der Waals surface area contributed by atoms with E-state index in [0.717, 1.165) is 12.1 Å². The normalized spacial score (nSPS) is 10.3. The Bertz CT molecular complexity index is 641. The Balaban J connectivity index is 2.25. The molecular weight excluding hydrogens is 252 g/mol. The monoisotopic (exact) mass is 263 g/mol. The Morgan fingerprint density at radius 1 is 1.16 bits per heavy atom. The van der Waals surface area contributed by atoms with Crippen molar-refractivity contribution in [1.29, 1.82) is 0 Å². The van der Waals surface area contributed by atoms with Crippen molar-refractivity contribution in [3.05, 3.63) is 59.2 Å². The highest BCUT2D eigenvalue weighted by atomic mass is 19.1. The standard InChI is InChI=1S/C14H11F2NO2/c1-8-6-10(18)3-4-11(8)14(19)17-13-5-2-9(15)7-12(13)16/h2-7,18H,1H3,(H,17,19). The number of aryl methyl sites for hydroxylation is 1. The molecule has 0 saturated heterocycles. The summed E-state index contributed by atoms with van der Waals surface area (Å²) in [7, 11) is 0. The van der Waals surface area contributed by atoms with Crippen LogP contribution in [0, 0.1) is 18.6 Å². The van der Waals surface area contributed by atoms with Crippen molar-refractivity contribution in [2.24, 2.45) is 0 Å². The molecule has 3 nitrogen and oxygen atoms in total. The van der Waals surface area contributed by atoms with Gasteiger partial charge in [0.2, 0.25) is 0 Å². The second-order valence-electron chi connectivity index (χ2n) is 4.08. The third-order valence-corrected chi connectivity index (χ3v) is 2.63. The molecule has 0 heterocycles. The Morgan fingerprint density at radius 2 is 1.89 bits per heavy atom. The van der Waals surface area contributed by atoms with Gasteiger partial charge in [0.25, 0.3) is 5.91 Å². The van der Waals surface area contributed by atoms with Crippen LogP contribution in [0.1, 0.15) is 15.9 Å². The Labute approximate surface area is 108 Å². The first-order valence-electron chi connectivity index (χ1n) is 5.53. The van der Waals surface area contributed by atoms with E-state index in [0.29, 0.717) is 17.2 Å². The van der Waals surface area contributed by atoms with Gasteiger partial charge in [0.15, 0.2) is 0 Å². The Hall–Kier alpha value is -2.43. The van der Waals surface area contributed by atoms with Crippen molar-refractivity contribution >= 4 is 11.6 Å². The zero-order valence-corrected chi connectivity index (χ0v) is 10.1. The van der Waals surface area contributed by atoms with Gasteiger partial charge in [-0.15, -0.1) is 0 Å². The maximum Gasteiger partial charge on any atom is 0.256 e. The molecule has 1 amide bonds. The van der Waals surface area contributed by atoms with Crippen molar-refractivity contribution in [2.45, 2.75) is 6.92 Å². The van der Waals surface area contributed by atoms with Gasteiger partial charge in [0, 0.05) is 11.6 Å². The summed E-state index contributed by atoms with van der Waals surface area (Å²) in [6.45, 7) is 1.65. The van der Waals surface area contributed by atoms with Crippen LogP contribution in [-0.4, -0.2) is 11.0 Å². The lowest BCUT2D eigenvalue weighted by Crippen LogP contribution is -2.14. The minimum absolute atomic E-state index is 0.0435. The zero-order valence-electron chi connectivity index (χ0n) is 10.1. The average molecular weight is 263 g/mol. The summed E-state index contributed by atoms with van der Waals surface area (Å²) in [6, 6.07) is 7.13. The molecule has 98 valence electrons. The number of carbonyl (C=O) groups is 1. The topological polar surface area (TPSA) is 49.3 Å². The number of phenols is 1. The molecule has 2 aromatic rings. The van der Waals surface area contributed by atoms with Gasteiger partial charge in [0.05, 0.1) is 5.69 Å². The van der Waals surface area contributed by atoms with Crippen molar-refractivity contribution in [3.63, 3.8) is 0 Å². The number of hydrogen-bond acceptors (Lipinski definition) is 2. The van der Waals surface area contributed by atoms with Gasteiger partial charge in [-0.2, -0.15) is 0 Å². The second-order valence-corrected chi connectivity index (χ2v) is 4.08. The quantitative estimate of drug-likeness (QED) is 0.873. The summed E-state index contributed by atoms with van der Waals surface area (Å²) >= 11 is 0. The fourth-order valence-electron chi connectivity index (χ4n) is 1.68. The molecule has 2 rings (SSSR count). The number of amides is 1. The van der Waals surface area contributed by atoms with Crippen molar-refractivity contribution < 1.29 is 18.7 Å². The molecule has 0 atom stereocenters. The Morgan fingerprint density at radius 3 is 2.53 bits per heavy atom. The maximum atomic E-state index is 13.4. The minimum atomic E-state index is -0.843. The van der Waals surface area contributed by atoms with E-state index in [1.165, 1.54) is 18.2 Å². The zero-order chi connectivity index (χ0) is 14.0. The van der Waals surface area contributed by atoms with Gasteiger partial charge in [0.1, 0.15) is 17.4 Å². The van der Waals surface area contributed by atoms with Crippen LogP contribution >= 0.6 is 0 Å². The van der Waals surface area contributed by atoms with Crippen LogP contribution < -0.4 is 5.32 Å². The van der Waals surface area contributed by atoms with Gasteiger partial charge in [-0.25, -0.2) is 8.78 Å². The highest BCUT2D eigenvalue weighted by Crippen LogP contribution is 2.19. The molecule has 2 N–H and O–H groups in total. The SMILES string of the molecule is Cc1cc(O)ccc1C(=O)Nc1ccc(F)cc1F. The van der Waals surface area contributed by atoms with Crippen LogP contribution in [0.15, 0.2) is 36.4 Å². The van der Waals surface area contributed by atoms with Gasteiger partial charge in [-0.3, -0.25) is 4.79 Å². The molecule has 0 aromatic heterocycles. The van der Waals surface area contributed by atoms with Crippen molar-refractivity contribution in [2.75, 3.05) is 5.32 Å². The summed E-state index contributed by atoms with van der Waals surface area (Å²) in [6.07, 6.45) is 0. The van der Waals surface area contributed by atoms with E-state index in [1.807, 2.05) is 0 Å². The minimum Gasteiger partial charge on any atom is -0.508 e. The molecule has 0 aliphatic heterocycles. The first kappa shape index (κ1) is 13.0. The van der Waals surface area contributed by atoms with Gasteiger partial charge in [-0.1, -0.05) is 0 Å². The van der Waals surface area contributed by atoms with Crippen LogP contribution in [0.4, 0.5) is 14.5 Å². The highest BCUT2D eigenvalue weighted by Gasteiger charge is 2.12. The molecule has 2 aromatic carbocycles. The van der Waals surface area contributed by atoms with E-state index >= 15 is 0 Å². The van der Waals surface area contributed by atoms with Crippen LogP contribution in [0.25, 0.3) is 0 Å². The molecule has 0 fully saturated rings. The maximum absolute atomic E-state index is 13.4. The van der Waals surface area contributed by atoms with Crippen molar-refractivity contribution in [3.8, 4) is 5.75 Å². The van der Waals surface area contributed by atoms with Crippen LogP contribution in [0.3, 0.4) is 0 Å². The molecule has 5 heteroatoms. The molecule has 0 radical (unpaired) electrons. The predicted octanol–water partition coefficient (Wildman–Crippen LogP) is 3.23. The Kier molecular flexibility index (Phi) is 3.46. The molecule has 0 spiro atoms. The lowest BCUT2D eigenvalue weighted by molar-refractivity contribution is 0.102. The molecule has 0 aliphatic carbocycles. The number of hydrogen-bond donors (Lipinski definition) is 2. The van der Waals surface area contributed by atoms with E-state index in [4.69, 9.17) is 0 Å². The number of benzene rings is 2. The number of phenolic OH excluding ortho intramolecular Hbond substituents is 1. The lowest BCUT2D eigenvalue weighted by Gasteiger charge is -2.08. The van der Waals surface area contributed by atoms with Crippen LogP contribution in [-0.2, 0) is 0 Å². The molecule has 0 unspecified atom stereocenters. The lowest BCUT2D eigenvalue weighted by atomic mass is 10.1. The fraction of sp³-hybridized carbons (Fsp3) is 0.0714. The first-order valence-corrected chi connectivity index (χ1v) is 5.53. The van der Waals surface area contributed by atoms with E-state index in [-0.39, 0.29) is 11.4 Å². The number of nitrogens with one attached hydrogen (secondary N) is 1. The molecule has 0 aliphatic rings. The molecule has 0 bridgehead atoms. The van der Waals surface area contributed by atoms with E-state index in [9.17, 15) is 18.7 Å². The number of halogens is 2. The smallest absolute Gasteiger partial charge is 0.256 e. The fourth-order valence-corrected chi connectivity index (χ4v) is 1.68. The number of aromatic hydroxyl groups is 1. The molecular formula is C14H11F2NO2. The molecule has 19 heavy (non-hydrogen) atoms.